The van der Waals surface area contributed by atoms with E-state index in [-0.39, 0.29) is 23.7 Å². The number of carbonyl (C=O) groups is 2. The van der Waals surface area contributed by atoms with E-state index in [4.69, 9.17) is 0 Å². The molecule has 1 aliphatic heterocycles. The summed E-state index contributed by atoms with van der Waals surface area (Å²) in [5.74, 6) is -0.0992. The number of hydrogen-bond acceptors (Lipinski definition) is 4. The van der Waals surface area contributed by atoms with Crippen LogP contribution in [0.1, 0.15) is 16.8 Å². The number of hydrogen-bond donors (Lipinski definition) is 2. The van der Waals surface area contributed by atoms with Crippen molar-refractivity contribution >= 4 is 23.3 Å². The molecular weight excluding hydrogens is 382 g/mol. The Kier molecular flexibility index (Phi) is 6.44. The van der Waals surface area contributed by atoms with Gasteiger partial charge in [-0.25, -0.2) is 4.79 Å². The summed E-state index contributed by atoms with van der Waals surface area (Å²) >= 11 is 0. The van der Waals surface area contributed by atoms with Crippen LogP contribution in [0.2, 0.25) is 0 Å². The molecular formula is C22H29N5O3. The molecule has 160 valence electrons. The van der Waals surface area contributed by atoms with E-state index in [1.54, 1.807) is 24.0 Å². The molecule has 2 aromatic rings. The number of anilines is 2. The SMILES string of the molecule is CNC(=O)Nc1ccc(C)n(CC(=O)N2CCN(c3cc(C)ccc3C)CC2)c1=O. The van der Waals surface area contributed by atoms with Crippen molar-refractivity contribution in [1.29, 1.82) is 0 Å². The molecule has 30 heavy (non-hydrogen) atoms. The van der Waals surface area contributed by atoms with Crippen molar-refractivity contribution < 1.29 is 9.59 Å². The number of aromatic nitrogens is 1. The molecule has 8 nitrogen and oxygen atoms in total. The second-order valence-corrected chi connectivity index (χ2v) is 7.64. The van der Waals surface area contributed by atoms with Gasteiger partial charge in [-0.15, -0.1) is 0 Å². The lowest BCUT2D eigenvalue weighted by atomic mass is 10.1. The van der Waals surface area contributed by atoms with E-state index in [1.165, 1.54) is 28.4 Å². The maximum Gasteiger partial charge on any atom is 0.319 e. The third-order valence-electron chi connectivity index (χ3n) is 5.50. The van der Waals surface area contributed by atoms with Crippen molar-refractivity contribution in [2.75, 3.05) is 43.4 Å². The Hall–Kier alpha value is -3.29. The molecule has 0 radical (unpaired) electrons. The standard InChI is InChI=1S/C22H29N5O3/c1-15-5-6-16(2)19(13-15)25-9-11-26(12-10-25)20(28)14-27-17(3)7-8-18(21(27)29)24-22(30)23-4/h5-8,13H,9-12,14H2,1-4H3,(H2,23,24,30). The first kappa shape index (κ1) is 21.4. The number of pyridine rings is 1. The van der Waals surface area contributed by atoms with Crippen LogP contribution in [0.3, 0.4) is 0 Å². The highest BCUT2D eigenvalue weighted by Crippen LogP contribution is 2.23. The number of aryl methyl sites for hydroxylation is 3. The zero-order valence-corrected chi connectivity index (χ0v) is 18.0. The monoisotopic (exact) mass is 411 g/mol. The number of benzene rings is 1. The van der Waals surface area contributed by atoms with Crippen LogP contribution < -0.4 is 21.1 Å². The molecule has 0 spiro atoms. The quantitative estimate of drug-likeness (QED) is 0.804. The highest BCUT2D eigenvalue weighted by Gasteiger charge is 2.23. The van der Waals surface area contributed by atoms with Gasteiger partial charge in [-0.05, 0) is 50.1 Å². The summed E-state index contributed by atoms with van der Waals surface area (Å²) in [7, 11) is 1.48. The normalized spacial score (nSPS) is 13.9. The highest BCUT2D eigenvalue weighted by molar-refractivity contribution is 5.88. The summed E-state index contributed by atoms with van der Waals surface area (Å²) in [4.78, 5) is 41.2. The van der Waals surface area contributed by atoms with Crippen LogP contribution in [0.15, 0.2) is 35.1 Å². The predicted octanol–water partition coefficient (Wildman–Crippen LogP) is 1.87. The molecule has 1 aliphatic rings. The van der Waals surface area contributed by atoms with E-state index in [2.05, 4.69) is 47.6 Å². The molecule has 0 atom stereocenters. The number of urea groups is 1. The van der Waals surface area contributed by atoms with Crippen molar-refractivity contribution in [3.05, 3.63) is 57.5 Å². The van der Waals surface area contributed by atoms with Crippen molar-refractivity contribution in [2.24, 2.45) is 0 Å². The largest absolute Gasteiger partial charge is 0.368 e. The van der Waals surface area contributed by atoms with Crippen LogP contribution in [0, 0.1) is 20.8 Å². The zero-order valence-electron chi connectivity index (χ0n) is 18.0. The molecule has 3 rings (SSSR count). The molecule has 0 saturated carbocycles. The fourth-order valence-electron chi connectivity index (χ4n) is 3.64. The van der Waals surface area contributed by atoms with E-state index < -0.39 is 6.03 Å². The van der Waals surface area contributed by atoms with E-state index in [0.717, 1.165) is 13.1 Å². The molecule has 0 bridgehead atoms. The van der Waals surface area contributed by atoms with Gasteiger partial charge in [-0.2, -0.15) is 0 Å². The van der Waals surface area contributed by atoms with Crippen LogP contribution in [-0.2, 0) is 11.3 Å². The number of piperazine rings is 1. The van der Waals surface area contributed by atoms with Crippen LogP contribution in [0.4, 0.5) is 16.2 Å². The average Bonchev–Trinajstić information content (AvgIpc) is 2.74. The molecule has 2 heterocycles. The summed E-state index contributed by atoms with van der Waals surface area (Å²) in [6.45, 7) is 8.63. The summed E-state index contributed by atoms with van der Waals surface area (Å²) in [6.07, 6.45) is 0. The second kappa shape index (κ2) is 9.02. The molecule has 2 N–H and O–H groups in total. The lowest BCUT2D eigenvalue weighted by molar-refractivity contribution is -0.132. The average molecular weight is 412 g/mol. The van der Waals surface area contributed by atoms with Gasteiger partial charge in [0, 0.05) is 44.6 Å². The molecule has 1 aromatic carbocycles. The molecule has 3 amide bonds. The maximum atomic E-state index is 12.9. The second-order valence-electron chi connectivity index (χ2n) is 7.64. The van der Waals surface area contributed by atoms with Crippen molar-refractivity contribution in [3.63, 3.8) is 0 Å². The highest BCUT2D eigenvalue weighted by atomic mass is 16.2. The Balaban J connectivity index is 1.68. The third kappa shape index (κ3) is 4.64. The molecule has 8 heteroatoms. The molecule has 1 aromatic heterocycles. The zero-order chi connectivity index (χ0) is 21.8. The van der Waals surface area contributed by atoms with Gasteiger partial charge in [0.2, 0.25) is 5.91 Å². The van der Waals surface area contributed by atoms with Crippen molar-refractivity contribution in [2.45, 2.75) is 27.3 Å². The van der Waals surface area contributed by atoms with Gasteiger partial charge in [0.25, 0.3) is 5.56 Å². The van der Waals surface area contributed by atoms with Crippen LogP contribution >= 0.6 is 0 Å². The molecule has 1 saturated heterocycles. The van der Waals surface area contributed by atoms with Crippen molar-refractivity contribution in [3.8, 4) is 0 Å². The molecule has 0 unspecified atom stereocenters. The minimum Gasteiger partial charge on any atom is -0.368 e. The minimum atomic E-state index is -0.476. The summed E-state index contributed by atoms with van der Waals surface area (Å²) in [5.41, 5.74) is 4.08. The number of nitrogens with zero attached hydrogens (tertiary/aromatic N) is 3. The first-order chi connectivity index (χ1) is 14.3. The summed E-state index contributed by atoms with van der Waals surface area (Å²) < 4.78 is 1.41. The van der Waals surface area contributed by atoms with E-state index in [9.17, 15) is 14.4 Å². The van der Waals surface area contributed by atoms with Gasteiger partial charge in [0.05, 0.1) is 0 Å². The minimum absolute atomic E-state index is 0.0442. The van der Waals surface area contributed by atoms with Crippen molar-refractivity contribution in [1.82, 2.24) is 14.8 Å². The summed E-state index contributed by atoms with van der Waals surface area (Å²) in [6, 6.07) is 9.20. The molecule has 0 aliphatic carbocycles. The van der Waals surface area contributed by atoms with Gasteiger partial charge < -0.3 is 25.0 Å². The topological polar surface area (TPSA) is 86.7 Å². The van der Waals surface area contributed by atoms with Crippen LogP contribution in [-0.4, -0.2) is 54.6 Å². The molecule has 1 fully saturated rings. The van der Waals surface area contributed by atoms with Crippen LogP contribution in [0.5, 0.6) is 0 Å². The van der Waals surface area contributed by atoms with Gasteiger partial charge in [0.1, 0.15) is 12.2 Å². The number of carbonyl (C=O) groups excluding carboxylic acids is 2. The van der Waals surface area contributed by atoms with E-state index in [0.29, 0.717) is 18.8 Å². The smallest absolute Gasteiger partial charge is 0.319 e. The lowest BCUT2D eigenvalue weighted by Gasteiger charge is -2.37. The van der Waals surface area contributed by atoms with Gasteiger partial charge in [-0.3, -0.25) is 9.59 Å². The number of rotatable bonds is 4. The fourth-order valence-corrected chi connectivity index (χ4v) is 3.64. The lowest BCUT2D eigenvalue weighted by Crippen LogP contribution is -2.50. The van der Waals surface area contributed by atoms with E-state index >= 15 is 0 Å². The number of nitrogens with one attached hydrogen (secondary N) is 2. The fraction of sp³-hybridized carbons (Fsp3) is 0.409. The first-order valence-electron chi connectivity index (χ1n) is 10.1. The summed E-state index contributed by atoms with van der Waals surface area (Å²) in [5, 5.41) is 4.91. The Morgan fingerprint density at radius 2 is 1.70 bits per heavy atom. The van der Waals surface area contributed by atoms with Gasteiger partial charge >= 0.3 is 6.03 Å². The van der Waals surface area contributed by atoms with Crippen LogP contribution in [0.25, 0.3) is 0 Å². The van der Waals surface area contributed by atoms with Gasteiger partial charge in [0.15, 0.2) is 0 Å². The third-order valence-corrected chi connectivity index (χ3v) is 5.50. The first-order valence-corrected chi connectivity index (χ1v) is 10.1. The Morgan fingerprint density at radius 3 is 2.37 bits per heavy atom. The Morgan fingerprint density at radius 1 is 1.00 bits per heavy atom. The predicted molar refractivity (Wildman–Crippen MR) is 118 cm³/mol. The Labute approximate surface area is 176 Å². The Bertz CT molecular complexity index is 1010. The maximum absolute atomic E-state index is 12.9. The van der Waals surface area contributed by atoms with Gasteiger partial charge in [-0.1, -0.05) is 12.1 Å². The van der Waals surface area contributed by atoms with E-state index in [1.807, 2.05) is 0 Å². The number of amides is 3.